The Morgan fingerprint density at radius 3 is 2.76 bits per heavy atom. The molecule has 0 saturated carbocycles. The molecule has 1 saturated heterocycles. The van der Waals surface area contributed by atoms with Crippen molar-refractivity contribution in [1.82, 2.24) is 19.0 Å². The van der Waals surface area contributed by atoms with Gasteiger partial charge in [-0.25, -0.2) is 12.7 Å². The number of hydrogen-bond acceptors (Lipinski definition) is 4. The van der Waals surface area contributed by atoms with E-state index in [1.54, 1.807) is 11.2 Å². The van der Waals surface area contributed by atoms with E-state index in [-0.39, 0.29) is 11.7 Å². The molecule has 0 aromatic carbocycles. The summed E-state index contributed by atoms with van der Waals surface area (Å²) in [7, 11) is 2.92. The van der Waals surface area contributed by atoms with Crippen molar-refractivity contribution in [3.05, 3.63) is 17.5 Å². The molecule has 0 radical (unpaired) electrons. The summed E-state index contributed by atoms with van der Waals surface area (Å²) < 4.78 is 27.6. The van der Waals surface area contributed by atoms with Crippen LogP contribution in [0.25, 0.3) is 0 Å². The minimum Gasteiger partial charge on any atom is -0.304 e. The highest BCUT2D eigenvalue weighted by Gasteiger charge is 2.29. The molecule has 0 N–H and O–H groups in total. The van der Waals surface area contributed by atoms with Gasteiger partial charge in [-0.15, -0.1) is 0 Å². The molecular formula is C14H26N4O2S. The van der Waals surface area contributed by atoms with Crippen LogP contribution >= 0.6 is 0 Å². The van der Waals surface area contributed by atoms with Crippen LogP contribution in [0, 0.1) is 0 Å². The van der Waals surface area contributed by atoms with Crippen molar-refractivity contribution in [2.24, 2.45) is 7.05 Å². The van der Waals surface area contributed by atoms with Gasteiger partial charge in [-0.1, -0.05) is 0 Å². The summed E-state index contributed by atoms with van der Waals surface area (Å²) in [5.41, 5.74) is 2.18. The lowest BCUT2D eigenvalue weighted by Crippen LogP contribution is -2.40. The topological polar surface area (TPSA) is 58.4 Å². The summed E-state index contributed by atoms with van der Waals surface area (Å²) in [5, 5.41) is 4.60. The highest BCUT2D eigenvalue weighted by molar-refractivity contribution is 7.89. The third kappa shape index (κ3) is 3.84. The van der Waals surface area contributed by atoms with Crippen molar-refractivity contribution in [3.8, 4) is 0 Å². The van der Waals surface area contributed by atoms with Crippen LogP contribution in [0.3, 0.4) is 0 Å². The van der Waals surface area contributed by atoms with Gasteiger partial charge in [0.05, 0.1) is 17.1 Å². The first-order chi connectivity index (χ1) is 9.83. The predicted octanol–water partition coefficient (Wildman–Crippen LogP) is 1.01. The minimum absolute atomic E-state index is 0.174. The molecule has 0 spiro atoms. The Balaban J connectivity index is 2.15. The van der Waals surface area contributed by atoms with Gasteiger partial charge >= 0.3 is 0 Å². The molecule has 1 fully saturated rings. The molecule has 0 unspecified atom stereocenters. The molecule has 0 bridgehead atoms. The van der Waals surface area contributed by atoms with Gasteiger partial charge in [0.1, 0.15) is 0 Å². The second-order valence-corrected chi connectivity index (χ2v) is 8.28. The molecule has 1 aliphatic rings. The van der Waals surface area contributed by atoms with E-state index in [0.29, 0.717) is 13.1 Å². The molecule has 2 heterocycles. The molecule has 6 nitrogen and oxygen atoms in total. The first kappa shape index (κ1) is 16.5. The number of nitrogens with zero attached hydrogens (tertiary/aromatic N) is 4. The van der Waals surface area contributed by atoms with Crippen LogP contribution in [0.4, 0.5) is 0 Å². The van der Waals surface area contributed by atoms with Crippen LogP contribution in [-0.4, -0.2) is 60.3 Å². The van der Waals surface area contributed by atoms with E-state index in [9.17, 15) is 8.42 Å². The fourth-order valence-corrected chi connectivity index (χ4v) is 4.00. The normalized spacial score (nSPS) is 21.1. The van der Waals surface area contributed by atoms with Crippen LogP contribution in [0.2, 0.25) is 0 Å². The Morgan fingerprint density at radius 1 is 1.43 bits per heavy atom. The van der Waals surface area contributed by atoms with E-state index < -0.39 is 10.0 Å². The number of rotatable bonds is 5. The Labute approximate surface area is 127 Å². The van der Waals surface area contributed by atoms with Crippen molar-refractivity contribution in [2.45, 2.75) is 32.2 Å². The quantitative estimate of drug-likeness (QED) is 0.814. The highest BCUT2D eigenvalue weighted by Crippen LogP contribution is 2.28. The molecular weight excluding hydrogens is 288 g/mol. The second kappa shape index (κ2) is 6.46. The fraction of sp³-hybridized carbons (Fsp3) is 0.786. The summed E-state index contributed by atoms with van der Waals surface area (Å²) in [6.45, 7) is 3.75. The smallest absolute Gasteiger partial charge is 0.213 e. The van der Waals surface area contributed by atoms with E-state index in [1.165, 1.54) is 0 Å². The monoisotopic (exact) mass is 314 g/mol. The summed E-state index contributed by atoms with van der Waals surface area (Å²) in [5.74, 6) is 0.385. The van der Waals surface area contributed by atoms with E-state index in [2.05, 4.69) is 16.1 Å². The van der Waals surface area contributed by atoms with Gasteiger partial charge in [0.25, 0.3) is 0 Å². The molecule has 1 atom stereocenters. The molecule has 0 aliphatic carbocycles. The minimum atomic E-state index is -3.09. The van der Waals surface area contributed by atoms with Gasteiger partial charge in [-0.2, -0.15) is 5.10 Å². The molecule has 1 aromatic rings. The Morgan fingerprint density at radius 2 is 2.14 bits per heavy atom. The Kier molecular flexibility index (Phi) is 5.06. The molecule has 1 aliphatic heterocycles. The van der Waals surface area contributed by atoms with Crippen molar-refractivity contribution >= 4 is 10.0 Å². The third-order valence-electron chi connectivity index (χ3n) is 4.03. The van der Waals surface area contributed by atoms with Crippen LogP contribution in [0.15, 0.2) is 6.07 Å². The zero-order chi connectivity index (χ0) is 15.6. The summed E-state index contributed by atoms with van der Waals surface area (Å²) >= 11 is 0. The lowest BCUT2D eigenvalue weighted by Gasteiger charge is -2.30. The number of aryl methyl sites for hydroxylation is 1. The number of aromatic nitrogens is 2. The number of piperidine rings is 1. The van der Waals surface area contributed by atoms with E-state index in [1.807, 2.05) is 25.8 Å². The predicted molar refractivity (Wildman–Crippen MR) is 83.6 cm³/mol. The van der Waals surface area contributed by atoms with Crippen molar-refractivity contribution < 1.29 is 8.42 Å². The van der Waals surface area contributed by atoms with Gasteiger partial charge in [-0.05, 0) is 39.9 Å². The van der Waals surface area contributed by atoms with E-state index in [0.717, 1.165) is 30.8 Å². The maximum absolute atomic E-state index is 12.0. The Hall–Kier alpha value is -0.920. The maximum Gasteiger partial charge on any atom is 0.213 e. The maximum atomic E-state index is 12.0. The van der Waals surface area contributed by atoms with Crippen molar-refractivity contribution in [3.63, 3.8) is 0 Å². The van der Waals surface area contributed by atoms with Crippen molar-refractivity contribution in [1.29, 1.82) is 0 Å². The number of hydrogen-bond donors (Lipinski definition) is 0. The SMILES string of the molecule is CCS(=O)(=O)N1CCC[C@@H](c2cc(CN(C)C)n(C)n2)C1. The summed E-state index contributed by atoms with van der Waals surface area (Å²) in [4.78, 5) is 2.11. The molecule has 120 valence electrons. The highest BCUT2D eigenvalue weighted by atomic mass is 32.2. The lowest BCUT2D eigenvalue weighted by molar-refractivity contribution is 0.312. The molecule has 21 heavy (non-hydrogen) atoms. The fourth-order valence-electron chi connectivity index (χ4n) is 2.82. The molecule has 0 amide bonds. The molecule has 2 rings (SSSR count). The van der Waals surface area contributed by atoms with Gasteiger partial charge in [-0.3, -0.25) is 4.68 Å². The zero-order valence-electron chi connectivity index (χ0n) is 13.4. The van der Waals surface area contributed by atoms with E-state index in [4.69, 9.17) is 0 Å². The standard InChI is InChI=1S/C14H26N4O2S/c1-5-21(19,20)18-8-6-7-12(10-18)14-9-13(11-16(2)3)17(4)15-14/h9,12H,5-8,10-11H2,1-4H3/t12-/m1/s1. The second-order valence-electron chi connectivity index (χ2n) is 6.02. The van der Waals surface area contributed by atoms with Gasteiger partial charge in [0.15, 0.2) is 0 Å². The van der Waals surface area contributed by atoms with E-state index >= 15 is 0 Å². The average Bonchev–Trinajstić information content (AvgIpc) is 2.80. The average molecular weight is 314 g/mol. The van der Waals surface area contributed by atoms with Crippen LogP contribution in [0.1, 0.15) is 37.1 Å². The summed E-state index contributed by atoms with van der Waals surface area (Å²) in [6.07, 6.45) is 1.91. The van der Waals surface area contributed by atoms with Crippen LogP contribution in [-0.2, 0) is 23.6 Å². The van der Waals surface area contributed by atoms with Gasteiger partial charge in [0, 0.05) is 32.6 Å². The van der Waals surface area contributed by atoms with Gasteiger partial charge in [0.2, 0.25) is 10.0 Å². The number of sulfonamides is 1. The molecule has 1 aromatic heterocycles. The lowest BCUT2D eigenvalue weighted by atomic mass is 9.96. The first-order valence-corrected chi connectivity index (χ1v) is 9.09. The van der Waals surface area contributed by atoms with Crippen molar-refractivity contribution in [2.75, 3.05) is 32.9 Å². The van der Waals surface area contributed by atoms with Gasteiger partial charge < -0.3 is 4.90 Å². The van der Waals surface area contributed by atoms with Crippen LogP contribution in [0.5, 0.6) is 0 Å². The Bertz CT molecular complexity index is 580. The zero-order valence-corrected chi connectivity index (χ0v) is 14.2. The third-order valence-corrected chi connectivity index (χ3v) is 5.88. The van der Waals surface area contributed by atoms with Crippen LogP contribution < -0.4 is 0 Å². The first-order valence-electron chi connectivity index (χ1n) is 7.49. The largest absolute Gasteiger partial charge is 0.304 e. The molecule has 7 heteroatoms. The summed E-state index contributed by atoms with van der Waals surface area (Å²) in [6, 6.07) is 2.12.